The van der Waals surface area contributed by atoms with Gasteiger partial charge in [-0.05, 0) is 19.8 Å². The zero-order valence-electron chi connectivity index (χ0n) is 6.80. The van der Waals surface area contributed by atoms with E-state index in [1.165, 1.54) is 0 Å². The molecule has 0 unspecified atom stereocenters. The molecule has 11 heavy (non-hydrogen) atoms. The Bertz CT molecular complexity index is 208. The number of H-pyrrole nitrogens is 1. The van der Waals surface area contributed by atoms with Crippen LogP contribution >= 0.6 is 0 Å². The fourth-order valence-corrected chi connectivity index (χ4v) is 0.998. The third-order valence-corrected chi connectivity index (χ3v) is 1.58. The topological polar surface area (TPSA) is 48.9 Å². The van der Waals surface area contributed by atoms with Gasteiger partial charge in [0.15, 0.2) is 0 Å². The number of hydrogen-bond donors (Lipinski definition) is 2. The number of rotatable bonds is 4. The van der Waals surface area contributed by atoms with Gasteiger partial charge in [-0.1, -0.05) is 0 Å². The lowest BCUT2D eigenvalue weighted by Gasteiger charge is -1.93. The quantitative estimate of drug-likeness (QED) is 0.636. The Labute approximate surface area is 66.5 Å². The van der Waals surface area contributed by atoms with Crippen LogP contribution in [0.4, 0.5) is 0 Å². The Hall–Kier alpha value is -0.830. The number of aromatic amines is 1. The molecule has 0 amide bonds. The van der Waals surface area contributed by atoms with E-state index < -0.39 is 0 Å². The Morgan fingerprint density at radius 2 is 2.36 bits per heavy atom. The lowest BCUT2D eigenvalue weighted by molar-refractivity contribution is 0.284. The molecule has 1 rings (SSSR count). The molecule has 2 N–H and O–H groups in total. The largest absolute Gasteiger partial charge is 0.396 e. The second-order valence-corrected chi connectivity index (χ2v) is 2.69. The molecule has 0 fully saturated rings. The molecule has 1 aromatic rings. The van der Waals surface area contributed by atoms with Crippen molar-refractivity contribution >= 4 is 0 Å². The molecular formula is C8H14N2O. The molecule has 0 aromatic carbocycles. The second-order valence-electron chi connectivity index (χ2n) is 2.69. The van der Waals surface area contributed by atoms with E-state index in [0.29, 0.717) is 0 Å². The van der Waals surface area contributed by atoms with Crippen LogP contribution in [0.2, 0.25) is 0 Å². The van der Waals surface area contributed by atoms with Crippen molar-refractivity contribution in [2.75, 3.05) is 6.61 Å². The van der Waals surface area contributed by atoms with Crippen molar-refractivity contribution in [1.29, 1.82) is 0 Å². The van der Waals surface area contributed by atoms with Crippen molar-refractivity contribution in [2.45, 2.75) is 26.2 Å². The third kappa shape index (κ3) is 2.72. The summed E-state index contributed by atoms with van der Waals surface area (Å²) in [4.78, 5) is 7.29. The highest BCUT2D eigenvalue weighted by Crippen LogP contribution is 2.00. The summed E-state index contributed by atoms with van der Waals surface area (Å²) >= 11 is 0. The summed E-state index contributed by atoms with van der Waals surface area (Å²) in [5.41, 5.74) is 1.10. The van der Waals surface area contributed by atoms with Crippen molar-refractivity contribution in [3.05, 3.63) is 17.7 Å². The molecule has 3 nitrogen and oxygen atoms in total. The molecule has 0 saturated heterocycles. The van der Waals surface area contributed by atoms with Crippen molar-refractivity contribution in [3.63, 3.8) is 0 Å². The minimum atomic E-state index is 0.277. The molecule has 0 aliphatic rings. The molecule has 1 aromatic heterocycles. The van der Waals surface area contributed by atoms with Gasteiger partial charge in [-0.2, -0.15) is 0 Å². The molecule has 0 aliphatic heterocycles. The van der Waals surface area contributed by atoms with E-state index in [-0.39, 0.29) is 6.61 Å². The molecule has 0 aliphatic carbocycles. The third-order valence-electron chi connectivity index (χ3n) is 1.58. The van der Waals surface area contributed by atoms with E-state index in [1.54, 1.807) is 0 Å². The van der Waals surface area contributed by atoms with Gasteiger partial charge in [0, 0.05) is 24.9 Å². The van der Waals surface area contributed by atoms with Crippen LogP contribution in [0.1, 0.15) is 24.4 Å². The number of imidazole rings is 1. The molecule has 0 atom stereocenters. The summed E-state index contributed by atoms with van der Waals surface area (Å²) in [6.07, 6.45) is 4.63. The van der Waals surface area contributed by atoms with E-state index in [4.69, 9.17) is 5.11 Å². The van der Waals surface area contributed by atoms with Gasteiger partial charge in [-0.3, -0.25) is 0 Å². The van der Waals surface area contributed by atoms with Crippen LogP contribution in [-0.4, -0.2) is 21.7 Å². The number of aryl methyl sites for hydroxylation is 2. The number of aliphatic hydroxyl groups excluding tert-OH is 1. The Morgan fingerprint density at radius 1 is 1.55 bits per heavy atom. The molecule has 1 heterocycles. The van der Waals surface area contributed by atoms with Crippen LogP contribution in [0.15, 0.2) is 6.20 Å². The van der Waals surface area contributed by atoms with Gasteiger partial charge in [0.1, 0.15) is 5.82 Å². The highest BCUT2D eigenvalue weighted by molar-refractivity contribution is 4.98. The molecule has 0 bridgehead atoms. The van der Waals surface area contributed by atoms with E-state index in [9.17, 15) is 0 Å². The average molecular weight is 154 g/mol. The predicted octanol–water partition coefficient (Wildman–Crippen LogP) is 1.03. The van der Waals surface area contributed by atoms with Gasteiger partial charge in [0.25, 0.3) is 0 Å². The number of nitrogens with zero attached hydrogens (tertiary/aromatic N) is 1. The van der Waals surface area contributed by atoms with Gasteiger partial charge in [-0.15, -0.1) is 0 Å². The maximum absolute atomic E-state index is 8.52. The van der Waals surface area contributed by atoms with E-state index in [1.807, 2.05) is 13.1 Å². The molecule has 62 valence electrons. The number of nitrogens with one attached hydrogen (secondary N) is 1. The van der Waals surface area contributed by atoms with Gasteiger partial charge in [0.2, 0.25) is 0 Å². The molecular weight excluding hydrogens is 140 g/mol. The van der Waals surface area contributed by atoms with Gasteiger partial charge < -0.3 is 10.1 Å². The zero-order chi connectivity index (χ0) is 8.10. The SMILES string of the molecule is Cc1cnc(CCCCO)[nH]1. The maximum atomic E-state index is 8.52. The maximum Gasteiger partial charge on any atom is 0.106 e. The molecule has 0 saturated carbocycles. The summed E-state index contributed by atoms with van der Waals surface area (Å²) in [5.74, 6) is 1.02. The van der Waals surface area contributed by atoms with Crippen molar-refractivity contribution < 1.29 is 5.11 Å². The van der Waals surface area contributed by atoms with Crippen molar-refractivity contribution in [3.8, 4) is 0 Å². The smallest absolute Gasteiger partial charge is 0.106 e. The summed E-state index contributed by atoms with van der Waals surface area (Å²) in [5, 5.41) is 8.52. The summed E-state index contributed by atoms with van der Waals surface area (Å²) in [6.45, 7) is 2.27. The summed E-state index contributed by atoms with van der Waals surface area (Å²) < 4.78 is 0. The fraction of sp³-hybridized carbons (Fsp3) is 0.625. The van der Waals surface area contributed by atoms with Crippen molar-refractivity contribution in [1.82, 2.24) is 9.97 Å². The van der Waals surface area contributed by atoms with Gasteiger partial charge in [-0.25, -0.2) is 4.98 Å². The standard InChI is InChI=1S/C8H14N2O/c1-7-6-9-8(10-7)4-2-3-5-11/h6,11H,2-5H2,1H3,(H,9,10). The Kier molecular flexibility index (Phi) is 3.11. The highest BCUT2D eigenvalue weighted by Gasteiger charge is 1.95. The van der Waals surface area contributed by atoms with E-state index in [2.05, 4.69) is 9.97 Å². The first-order chi connectivity index (χ1) is 5.33. The van der Waals surface area contributed by atoms with Crippen LogP contribution in [0, 0.1) is 6.92 Å². The number of aliphatic hydroxyl groups is 1. The van der Waals surface area contributed by atoms with Crippen LogP contribution in [0.25, 0.3) is 0 Å². The average Bonchev–Trinajstić information content (AvgIpc) is 2.37. The first-order valence-corrected chi connectivity index (χ1v) is 3.94. The van der Waals surface area contributed by atoms with E-state index in [0.717, 1.165) is 30.8 Å². The highest BCUT2D eigenvalue weighted by atomic mass is 16.2. The van der Waals surface area contributed by atoms with Crippen LogP contribution in [-0.2, 0) is 6.42 Å². The zero-order valence-corrected chi connectivity index (χ0v) is 6.80. The number of hydrogen-bond acceptors (Lipinski definition) is 2. The molecule has 0 spiro atoms. The van der Waals surface area contributed by atoms with Crippen LogP contribution < -0.4 is 0 Å². The monoisotopic (exact) mass is 154 g/mol. The normalized spacial score (nSPS) is 10.4. The lowest BCUT2D eigenvalue weighted by Crippen LogP contribution is -1.90. The Morgan fingerprint density at radius 3 is 2.91 bits per heavy atom. The number of unbranched alkanes of at least 4 members (excludes halogenated alkanes) is 1. The minimum Gasteiger partial charge on any atom is -0.396 e. The second kappa shape index (κ2) is 4.13. The van der Waals surface area contributed by atoms with Crippen molar-refractivity contribution in [2.24, 2.45) is 0 Å². The fourth-order valence-electron chi connectivity index (χ4n) is 0.998. The first kappa shape index (κ1) is 8.27. The first-order valence-electron chi connectivity index (χ1n) is 3.94. The Balaban J connectivity index is 2.27. The summed E-state index contributed by atoms with van der Waals surface area (Å²) in [7, 11) is 0. The summed E-state index contributed by atoms with van der Waals surface area (Å²) in [6, 6.07) is 0. The molecule has 3 heteroatoms. The van der Waals surface area contributed by atoms with Crippen LogP contribution in [0.5, 0.6) is 0 Å². The number of aromatic nitrogens is 2. The minimum absolute atomic E-state index is 0.277. The van der Waals surface area contributed by atoms with Gasteiger partial charge in [0.05, 0.1) is 0 Å². The molecule has 0 radical (unpaired) electrons. The van der Waals surface area contributed by atoms with Gasteiger partial charge >= 0.3 is 0 Å². The lowest BCUT2D eigenvalue weighted by atomic mass is 10.2. The van der Waals surface area contributed by atoms with Crippen LogP contribution in [0.3, 0.4) is 0 Å². The van der Waals surface area contributed by atoms with E-state index >= 15 is 0 Å². The predicted molar refractivity (Wildman–Crippen MR) is 43.3 cm³/mol.